The molecule has 0 bridgehead atoms. The van der Waals surface area contributed by atoms with Gasteiger partial charge >= 0.3 is 0 Å². The van der Waals surface area contributed by atoms with Crippen LogP contribution in [0.2, 0.25) is 0 Å². The van der Waals surface area contributed by atoms with Crippen LogP contribution in [0, 0.1) is 5.92 Å². The highest BCUT2D eigenvalue weighted by Crippen LogP contribution is 2.13. The van der Waals surface area contributed by atoms with Crippen LogP contribution in [0.25, 0.3) is 0 Å². The largest absolute Gasteiger partial charge is 0.484 e. The molecule has 0 aliphatic rings. The van der Waals surface area contributed by atoms with E-state index in [4.69, 9.17) is 10.5 Å². The lowest BCUT2D eigenvalue weighted by molar-refractivity contribution is -0.123. The Kier molecular flexibility index (Phi) is 6.97. The summed E-state index contributed by atoms with van der Waals surface area (Å²) in [6, 6.07) is 7.69. The van der Waals surface area contributed by atoms with Crippen LogP contribution in [0.3, 0.4) is 0 Å². The van der Waals surface area contributed by atoms with Gasteiger partial charge in [-0.2, -0.15) is 0 Å². The van der Waals surface area contributed by atoms with E-state index in [1.807, 2.05) is 24.3 Å². The second kappa shape index (κ2) is 8.53. The van der Waals surface area contributed by atoms with Gasteiger partial charge in [0.2, 0.25) is 0 Å². The summed E-state index contributed by atoms with van der Waals surface area (Å²) in [5, 5.41) is 2.84. The van der Waals surface area contributed by atoms with E-state index in [-0.39, 0.29) is 12.5 Å². The number of carbonyl (C=O) groups excluding carboxylic acids is 1. The Morgan fingerprint density at radius 2 is 2.21 bits per heavy atom. The second-order valence-electron chi connectivity index (χ2n) is 5.01. The van der Waals surface area contributed by atoms with Gasteiger partial charge in [0.1, 0.15) is 5.75 Å². The number of rotatable bonds is 8. The highest BCUT2D eigenvalue weighted by molar-refractivity contribution is 5.77. The van der Waals surface area contributed by atoms with Gasteiger partial charge < -0.3 is 15.8 Å². The van der Waals surface area contributed by atoms with Crippen molar-refractivity contribution in [2.45, 2.75) is 26.7 Å². The minimum Gasteiger partial charge on any atom is -0.484 e. The van der Waals surface area contributed by atoms with Gasteiger partial charge in [0, 0.05) is 6.54 Å². The number of carbonyl (C=O) groups is 1. The Labute approximate surface area is 115 Å². The molecule has 1 amide bonds. The van der Waals surface area contributed by atoms with Crippen molar-refractivity contribution < 1.29 is 9.53 Å². The maximum absolute atomic E-state index is 11.6. The van der Waals surface area contributed by atoms with Crippen LogP contribution >= 0.6 is 0 Å². The third-order valence-corrected chi connectivity index (χ3v) is 2.75. The normalized spacial score (nSPS) is 10.5. The van der Waals surface area contributed by atoms with E-state index < -0.39 is 0 Å². The van der Waals surface area contributed by atoms with Crippen LogP contribution in [-0.4, -0.2) is 25.6 Å². The van der Waals surface area contributed by atoms with Crippen LogP contribution in [0.1, 0.15) is 25.8 Å². The van der Waals surface area contributed by atoms with Crippen molar-refractivity contribution >= 4 is 5.91 Å². The Bertz CT molecular complexity index is 391. The van der Waals surface area contributed by atoms with Gasteiger partial charge in [0.05, 0.1) is 0 Å². The molecular weight excluding hydrogens is 240 g/mol. The van der Waals surface area contributed by atoms with Crippen molar-refractivity contribution in [2.75, 3.05) is 19.7 Å². The molecule has 0 spiro atoms. The molecule has 0 saturated heterocycles. The first-order valence-electron chi connectivity index (χ1n) is 6.80. The molecule has 0 atom stereocenters. The fourth-order valence-electron chi connectivity index (χ4n) is 1.66. The SMILES string of the molecule is CC(C)CCNC(=O)COc1cccc(CCN)c1. The monoisotopic (exact) mass is 264 g/mol. The minimum absolute atomic E-state index is 0.0597. The van der Waals surface area contributed by atoms with Gasteiger partial charge in [0.25, 0.3) is 5.91 Å². The van der Waals surface area contributed by atoms with E-state index in [1.165, 1.54) is 0 Å². The van der Waals surface area contributed by atoms with Crippen LogP contribution in [0.4, 0.5) is 0 Å². The molecule has 1 aromatic rings. The van der Waals surface area contributed by atoms with Gasteiger partial charge in [-0.15, -0.1) is 0 Å². The fourth-order valence-corrected chi connectivity index (χ4v) is 1.66. The molecule has 4 nitrogen and oxygen atoms in total. The number of nitrogens with one attached hydrogen (secondary N) is 1. The van der Waals surface area contributed by atoms with E-state index in [1.54, 1.807) is 0 Å². The van der Waals surface area contributed by atoms with E-state index in [0.29, 0.717) is 24.8 Å². The van der Waals surface area contributed by atoms with E-state index in [2.05, 4.69) is 19.2 Å². The summed E-state index contributed by atoms with van der Waals surface area (Å²) in [4.78, 5) is 11.6. The van der Waals surface area contributed by atoms with Gasteiger partial charge in [-0.1, -0.05) is 26.0 Å². The predicted molar refractivity (Wildman–Crippen MR) is 77.2 cm³/mol. The van der Waals surface area contributed by atoms with Gasteiger partial charge in [-0.3, -0.25) is 4.79 Å². The predicted octanol–water partition coefficient (Wildman–Crippen LogP) is 1.73. The summed E-state index contributed by atoms with van der Waals surface area (Å²) in [6.45, 7) is 5.63. The number of hydrogen-bond acceptors (Lipinski definition) is 3. The number of amides is 1. The Morgan fingerprint density at radius 3 is 2.89 bits per heavy atom. The van der Waals surface area contributed by atoms with Crippen LogP contribution in [0.5, 0.6) is 5.75 Å². The lowest BCUT2D eigenvalue weighted by atomic mass is 10.1. The zero-order valence-electron chi connectivity index (χ0n) is 11.8. The molecule has 19 heavy (non-hydrogen) atoms. The fraction of sp³-hybridized carbons (Fsp3) is 0.533. The number of ether oxygens (including phenoxy) is 1. The van der Waals surface area contributed by atoms with E-state index in [9.17, 15) is 4.79 Å². The molecule has 1 aromatic carbocycles. The molecule has 3 N–H and O–H groups in total. The van der Waals surface area contributed by atoms with Crippen molar-refractivity contribution in [1.29, 1.82) is 0 Å². The summed E-state index contributed by atoms with van der Waals surface area (Å²) >= 11 is 0. The smallest absolute Gasteiger partial charge is 0.257 e. The first-order valence-corrected chi connectivity index (χ1v) is 6.80. The molecule has 0 aliphatic carbocycles. The third-order valence-electron chi connectivity index (χ3n) is 2.75. The molecule has 0 fully saturated rings. The van der Waals surface area contributed by atoms with Gasteiger partial charge in [-0.05, 0) is 43.0 Å². The van der Waals surface area contributed by atoms with Crippen molar-refractivity contribution in [2.24, 2.45) is 11.7 Å². The standard InChI is InChI=1S/C15H24N2O2/c1-12(2)7-9-17-15(18)11-19-14-5-3-4-13(10-14)6-8-16/h3-5,10,12H,6-9,11,16H2,1-2H3,(H,17,18). The molecule has 0 heterocycles. The molecule has 0 saturated carbocycles. The Morgan fingerprint density at radius 1 is 1.42 bits per heavy atom. The van der Waals surface area contributed by atoms with Crippen LogP contribution < -0.4 is 15.8 Å². The molecule has 0 aliphatic heterocycles. The van der Waals surface area contributed by atoms with E-state index >= 15 is 0 Å². The third kappa shape index (κ3) is 6.82. The summed E-state index contributed by atoms with van der Waals surface area (Å²) in [7, 11) is 0. The molecular formula is C15H24N2O2. The zero-order valence-corrected chi connectivity index (χ0v) is 11.8. The van der Waals surface area contributed by atoms with Crippen LogP contribution in [-0.2, 0) is 11.2 Å². The quantitative estimate of drug-likeness (QED) is 0.751. The molecule has 106 valence electrons. The van der Waals surface area contributed by atoms with Crippen LogP contribution in [0.15, 0.2) is 24.3 Å². The maximum Gasteiger partial charge on any atom is 0.257 e. The van der Waals surface area contributed by atoms with E-state index in [0.717, 1.165) is 18.4 Å². The number of benzene rings is 1. The van der Waals surface area contributed by atoms with Gasteiger partial charge in [0.15, 0.2) is 6.61 Å². The number of hydrogen-bond donors (Lipinski definition) is 2. The maximum atomic E-state index is 11.6. The molecule has 0 unspecified atom stereocenters. The van der Waals surface area contributed by atoms with Crippen molar-refractivity contribution in [3.05, 3.63) is 29.8 Å². The highest BCUT2D eigenvalue weighted by atomic mass is 16.5. The Balaban J connectivity index is 2.31. The Hall–Kier alpha value is -1.55. The zero-order chi connectivity index (χ0) is 14.1. The number of nitrogens with two attached hydrogens (primary N) is 1. The summed E-state index contributed by atoms with van der Waals surface area (Å²) in [5.74, 6) is 1.23. The first kappa shape index (κ1) is 15.5. The van der Waals surface area contributed by atoms with Gasteiger partial charge in [-0.25, -0.2) is 0 Å². The summed E-state index contributed by atoms with van der Waals surface area (Å²) < 4.78 is 5.46. The molecule has 0 aromatic heterocycles. The first-order chi connectivity index (χ1) is 9.11. The topological polar surface area (TPSA) is 64.3 Å². The minimum atomic E-state index is -0.0788. The lowest BCUT2D eigenvalue weighted by Crippen LogP contribution is -2.30. The highest BCUT2D eigenvalue weighted by Gasteiger charge is 2.03. The lowest BCUT2D eigenvalue weighted by Gasteiger charge is -2.09. The van der Waals surface area contributed by atoms with Crippen molar-refractivity contribution in [3.8, 4) is 5.75 Å². The van der Waals surface area contributed by atoms with Crippen molar-refractivity contribution in [1.82, 2.24) is 5.32 Å². The molecule has 0 radical (unpaired) electrons. The molecule has 4 heteroatoms. The van der Waals surface area contributed by atoms with Crippen molar-refractivity contribution in [3.63, 3.8) is 0 Å². The average molecular weight is 264 g/mol. The average Bonchev–Trinajstić information content (AvgIpc) is 2.37. The second-order valence-corrected chi connectivity index (χ2v) is 5.01. The summed E-state index contributed by atoms with van der Waals surface area (Å²) in [6.07, 6.45) is 1.80. The molecule has 1 rings (SSSR count). The summed E-state index contributed by atoms with van der Waals surface area (Å²) in [5.41, 5.74) is 6.63.